The van der Waals surface area contributed by atoms with Gasteiger partial charge in [-0.05, 0) is 19.8 Å². The number of aromatic nitrogens is 2. The van der Waals surface area contributed by atoms with Gasteiger partial charge in [-0.1, -0.05) is 6.92 Å². The second-order valence-corrected chi connectivity index (χ2v) is 4.43. The zero-order chi connectivity index (χ0) is 14.3. The minimum Gasteiger partial charge on any atom is -0.396 e. The zero-order valence-electron chi connectivity index (χ0n) is 11.7. The number of nitrogens with two attached hydrogens (primary N) is 1. The Balaban J connectivity index is 2.81. The average Bonchev–Trinajstić information content (AvgIpc) is 2.43. The van der Waals surface area contributed by atoms with Crippen LogP contribution in [0.1, 0.15) is 26.6 Å². The molecule has 7 nitrogen and oxygen atoms in total. The van der Waals surface area contributed by atoms with E-state index in [1.807, 2.05) is 20.8 Å². The van der Waals surface area contributed by atoms with Crippen LogP contribution in [0.25, 0.3) is 0 Å². The van der Waals surface area contributed by atoms with Gasteiger partial charge in [0.15, 0.2) is 5.82 Å². The maximum Gasteiger partial charge on any atom is 0.158 e. The number of anilines is 2. The van der Waals surface area contributed by atoms with Gasteiger partial charge in [0, 0.05) is 25.3 Å². The molecule has 0 bridgehead atoms. The van der Waals surface area contributed by atoms with Crippen molar-refractivity contribution in [2.24, 2.45) is 11.8 Å². The number of aliphatic hydroxyl groups is 1. The molecule has 1 rings (SSSR count). The molecule has 0 saturated carbocycles. The van der Waals surface area contributed by atoms with Gasteiger partial charge >= 0.3 is 0 Å². The standard InChI is InChI=1S/C12H23N5O2/c1-4-19-7-12-15-10(5-11(16-12)17-13)14-9(3)8(2)6-18/h5,8-9,18H,4,6-7,13H2,1-3H3,(H2,14,15,16,17). The van der Waals surface area contributed by atoms with E-state index in [4.69, 9.17) is 15.7 Å². The molecular weight excluding hydrogens is 246 g/mol. The first-order valence-corrected chi connectivity index (χ1v) is 6.40. The summed E-state index contributed by atoms with van der Waals surface area (Å²) in [7, 11) is 0. The topological polar surface area (TPSA) is 105 Å². The van der Waals surface area contributed by atoms with Gasteiger partial charge in [-0.25, -0.2) is 15.8 Å². The molecule has 0 aliphatic carbocycles. The molecule has 0 fully saturated rings. The number of hydrazine groups is 1. The van der Waals surface area contributed by atoms with E-state index < -0.39 is 0 Å². The van der Waals surface area contributed by atoms with Crippen LogP contribution < -0.4 is 16.6 Å². The third kappa shape index (κ3) is 4.98. The monoisotopic (exact) mass is 269 g/mol. The SMILES string of the molecule is CCOCc1nc(NN)cc(NC(C)C(C)CO)n1. The fraction of sp³-hybridized carbons (Fsp3) is 0.667. The largest absolute Gasteiger partial charge is 0.396 e. The van der Waals surface area contributed by atoms with Crippen molar-refractivity contribution in [2.75, 3.05) is 24.0 Å². The van der Waals surface area contributed by atoms with Crippen LogP contribution >= 0.6 is 0 Å². The summed E-state index contributed by atoms with van der Waals surface area (Å²) in [5, 5.41) is 12.4. The Kier molecular flexibility index (Phi) is 6.48. The molecule has 0 spiro atoms. The van der Waals surface area contributed by atoms with Gasteiger partial charge in [-0.2, -0.15) is 0 Å². The second kappa shape index (κ2) is 7.88. The highest BCUT2D eigenvalue weighted by Gasteiger charge is 2.12. The molecule has 0 aliphatic heterocycles. The number of aliphatic hydroxyl groups excluding tert-OH is 1. The summed E-state index contributed by atoms with van der Waals surface area (Å²) < 4.78 is 5.29. The summed E-state index contributed by atoms with van der Waals surface area (Å²) in [5.74, 6) is 7.25. The van der Waals surface area contributed by atoms with E-state index in [9.17, 15) is 0 Å². The summed E-state index contributed by atoms with van der Waals surface area (Å²) in [4.78, 5) is 8.55. The van der Waals surface area contributed by atoms with E-state index in [-0.39, 0.29) is 18.6 Å². The minimum absolute atomic E-state index is 0.0884. The number of nitrogen functional groups attached to an aromatic ring is 1. The van der Waals surface area contributed by atoms with Crippen molar-refractivity contribution in [3.63, 3.8) is 0 Å². The molecule has 0 aliphatic rings. The lowest BCUT2D eigenvalue weighted by Gasteiger charge is -2.20. The lowest BCUT2D eigenvalue weighted by Crippen LogP contribution is -2.27. The first-order valence-electron chi connectivity index (χ1n) is 6.40. The van der Waals surface area contributed by atoms with Crippen molar-refractivity contribution >= 4 is 11.6 Å². The highest BCUT2D eigenvalue weighted by atomic mass is 16.5. The molecule has 1 aromatic heterocycles. The van der Waals surface area contributed by atoms with E-state index in [1.54, 1.807) is 6.07 Å². The van der Waals surface area contributed by atoms with Crippen LogP contribution in [0.15, 0.2) is 6.07 Å². The van der Waals surface area contributed by atoms with Crippen molar-refractivity contribution in [3.8, 4) is 0 Å². The molecule has 7 heteroatoms. The minimum atomic E-state index is 0.0884. The lowest BCUT2D eigenvalue weighted by molar-refractivity contribution is 0.128. The number of rotatable bonds is 8. The molecule has 2 unspecified atom stereocenters. The Bertz CT molecular complexity index is 388. The number of ether oxygens (including phenoxy) is 1. The first-order chi connectivity index (χ1) is 9.10. The smallest absolute Gasteiger partial charge is 0.158 e. The lowest BCUT2D eigenvalue weighted by atomic mass is 10.1. The molecule has 108 valence electrons. The van der Waals surface area contributed by atoms with Crippen LogP contribution in [0, 0.1) is 5.92 Å². The van der Waals surface area contributed by atoms with Crippen molar-refractivity contribution in [1.82, 2.24) is 9.97 Å². The van der Waals surface area contributed by atoms with Gasteiger partial charge in [-0.3, -0.25) is 0 Å². The maximum atomic E-state index is 9.13. The third-order valence-corrected chi connectivity index (χ3v) is 2.87. The number of nitrogens with zero attached hydrogens (tertiary/aromatic N) is 2. The fourth-order valence-electron chi connectivity index (χ4n) is 1.44. The van der Waals surface area contributed by atoms with Crippen LogP contribution in [-0.4, -0.2) is 34.3 Å². The summed E-state index contributed by atoms with van der Waals surface area (Å²) >= 11 is 0. The number of hydrogen-bond donors (Lipinski definition) is 4. The summed E-state index contributed by atoms with van der Waals surface area (Å²) in [5.41, 5.74) is 2.50. The molecule has 0 amide bonds. The summed E-state index contributed by atoms with van der Waals surface area (Å²) in [6.45, 7) is 6.92. The highest BCUT2D eigenvalue weighted by molar-refractivity contribution is 5.47. The van der Waals surface area contributed by atoms with Gasteiger partial charge in [0.2, 0.25) is 0 Å². The third-order valence-electron chi connectivity index (χ3n) is 2.87. The predicted molar refractivity (Wildman–Crippen MR) is 74.5 cm³/mol. The van der Waals surface area contributed by atoms with E-state index in [0.717, 1.165) is 0 Å². The van der Waals surface area contributed by atoms with Crippen molar-refractivity contribution in [2.45, 2.75) is 33.4 Å². The zero-order valence-corrected chi connectivity index (χ0v) is 11.7. The Morgan fingerprint density at radius 1 is 1.37 bits per heavy atom. The van der Waals surface area contributed by atoms with Gasteiger partial charge in [0.05, 0.1) is 0 Å². The van der Waals surface area contributed by atoms with Crippen molar-refractivity contribution in [3.05, 3.63) is 11.9 Å². The normalized spacial score (nSPS) is 13.9. The predicted octanol–water partition coefficient (Wildman–Crippen LogP) is 0.727. The van der Waals surface area contributed by atoms with E-state index in [2.05, 4.69) is 20.7 Å². The van der Waals surface area contributed by atoms with Gasteiger partial charge < -0.3 is 20.6 Å². The van der Waals surface area contributed by atoms with Crippen molar-refractivity contribution < 1.29 is 9.84 Å². The quantitative estimate of drug-likeness (QED) is 0.407. The molecule has 0 saturated heterocycles. The van der Waals surface area contributed by atoms with Gasteiger partial charge in [-0.15, -0.1) is 0 Å². The molecule has 2 atom stereocenters. The number of nitrogens with one attached hydrogen (secondary N) is 2. The molecule has 5 N–H and O–H groups in total. The Morgan fingerprint density at radius 2 is 2.05 bits per heavy atom. The first kappa shape index (κ1) is 15.6. The summed E-state index contributed by atoms with van der Waals surface area (Å²) in [6, 6.07) is 1.81. The average molecular weight is 269 g/mol. The molecule has 1 heterocycles. The van der Waals surface area contributed by atoms with Gasteiger partial charge in [0.1, 0.15) is 18.2 Å². The molecule has 19 heavy (non-hydrogen) atoms. The molecule has 0 aromatic carbocycles. The van der Waals surface area contributed by atoms with Crippen molar-refractivity contribution in [1.29, 1.82) is 0 Å². The fourth-order valence-corrected chi connectivity index (χ4v) is 1.44. The Labute approximate surface area is 113 Å². The Morgan fingerprint density at radius 3 is 2.63 bits per heavy atom. The summed E-state index contributed by atoms with van der Waals surface area (Å²) in [6.07, 6.45) is 0. The Hall–Kier alpha value is -1.44. The van der Waals surface area contributed by atoms with Crippen LogP contribution in [0.4, 0.5) is 11.6 Å². The van der Waals surface area contributed by atoms with E-state index >= 15 is 0 Å². The molecule has 1 aromatic rings. The molecular formula is C12H23N5O2. The maximum absolute atomic E-state index is 9.13. The van der Waals surface area contributed by atoms with Crippen LogP contribution in [0.3, 0.4) is 0 Å². The second-order valence-electron chi connectivity index (χ2n) is 4.43. The number of hydrogen-bond acceptors (Lipinski definition) is 7. The highest BCUT2D eigenvalue weighted by Crippen LogP contribution is 2.14. The van der Waals surface area contributed by atoms with E-state index in [0.29, 0.717) is 30.7 Å². The van der Waals surface area contributed by atoms with E-state index in [1.165, 1.54) is 0 Å². The van der Waals surface area contributed by atoms with Gasteiger partial charge in [0.25, 0.3) is 0 Å². The molecule has 0 radical (unpaired) electrons. The van der Waals surface area contributed by atoms with Crippen LogP contribution in [0.2, 0.25) is 0 Å². The van der Waals surface area contributed by atoms with Crippen LogP contribution in [-0.2, 0) is 11.3 Å². The van der Waals surface area contributed by atoms with Crippen LogP contribution in [0.5, 0.6) is 0 Å².